The van der Waals surface area contributed by atoms with E-state index in [9.17, 15) is 4.79 Å². The highest BCUT2D eigenvalue weighted by Gasteiger charge is 2.39. The number of nitrogens with two attached hydrogens (primary N) is 1. The van der Waals surface area contributed by atoms with E-state index in [1.54, 1.807) is 11.3 Å². The van der Waals surface area contributed by atoms with Gasteiger partial charge in [-0.1, -0.05) is 12.1 Å². The molecule has 2 unspecified atom stereocenters. The summed E-state index contributed by atoms with van der Waals surface area (Å²) in [6.45, 7) is 0. The summed E-state index contributed by atoms with van der Waals surface area (Å²) in [7, 11) is 2.21. The van der Waals surface area contributed by atoms with Gasteiger partial charge < -0.3 is 10.6 Å². The number of nitrogens with one attached hydrogen (secondary N) is 1. The zero-order chi connectivity index (χ0) is 18.3. The van der Waals surface area contributed by atoms with Crippen molar-refractivity contribution < 1.29 is 4.79 Å². The minimum Gasteiger partial charge on any atom is -0.398 e. The smallest absolute Gasteiger partial charge is 0.181 e. The molecule has 2 fully saturated rings. The van der Waals surface area contributed by atoms with Gasteiger partial charge in [0.25, 0.3) is 0 Å². The molecule has 0 aliphatic carbocycles. The number of benzene rings is 1. The summed E-state index contributed by atoms with van der Waals surface area (Å²) in [5.74, 6) is 0.331. The van der Waals surface area contributed by atoms with Gasteiger partial charge in [-0.05, 0) is 67.8 Å². The number of anilines is 1. The topological polar surface area (TPSA) is 70.2 Å². The lowest BCUT2D eigenvalue weighted by Gasteiger charge is -2.36. The summed E-state index contributed by atoms with van der Waals surface area (Å²) in [6, 6.07) is 10.9. The molecule has 4 nitrogen and oxygen atoms in total. The summed E-state index contributed by atoms with van der Waals surface area (Å²) < 4.78 is 0. The number of Topliss-reactive ketones (excluding diaryl/α,β-unsaturated/α-hetero) is 1. The minimum atomic E-state index is -0.0745. The van der Waals surface area contributed by atoms with Crippen molar-refractivity contribution in [3.8, 4) is 10.4 Å². The molecular weight excluding hydrogens is 342 g/mol. The molecule has 5 heteroatoms. The van der Waals surface area contributed by atoms with Gasteiger partial charge in [-0.3, -0.25) is 10.2 Å². The summed E-state index contributed by atoms with van der Waals surface area (Å²) in [5, 5.41) is 10.4. The fourth-order valence-corrected chi connectivity index (χ4v) is 5.32. The van der Waals surface area contributed by atoms with Crippen molar-refractivity contribution in [1.29, 1.82) is 5.41 Å². The van der Waals surface area contributed by atoms with Crippen molar-refractivity contribution in [2.45, 2.75) is 44.2 Å². The van der Waals surface area contributed by atoms with Crippen LogP contribution in [0.3, 0.4) is 0 Å². The Morgan fingerprint density at radius 3 is 2.62 bits per heavy atom. The van der Waals surface area contributed by atoms with Crippen LogP contribution in [0.1, 0.15) is 37.7 Å². The highest BCUT2D eigenvalue weighted by molar-refractivity contribution is 7.13. The second-order valence-electron chi connectivity index (χ2n) is 7.67. The molecule has 2 saturated heterocycles. The maximum Gasteiger partial charge on any atom is 0.181 e. The average Bonchev–Trinajstić information content (AvgIpc) is 3.21. The largest absolute Gasteiger partial charge is 0.398 e. The molecule has 3 heterocycles. The highest BCUT2D eigenvalue weighted by atomic mass is 32.1. The second kappa shape index (κ2) is 6.97. The Kier molecular flexibility index (Phi) is 4.67. The van der Waals surface area contributed by atoms with Crippen molar-refractivity contribution >= 4 is 28.5 Å². The Hall–Kier alpha value is -1.98. The Labute approximate surface area is 158 Å². The first-order valence-corrected chi connectivity index (χ1v) is 10.2. The molecule has 26 heavy (non-hydrogen) atoms. The summed E-state index contributed by atoms with van der Waals surface area (Å²) in [4.78, 5) is 16.3. The molecule has 2 bridgehead atoms. The van der Waals surface area contributed by atoms with Gasteiger partial charge in [-0.25, -0.2) is 0 Å². The lowest BCUT2D eigenvalue weighted by molar-refractivity contribution is -0.114. The molecule has 3 N–H and O–H groups in total. The van der Waals surface area contributed by atoms with Crippen LogP contribution < -0.4 is 5.73 Å². The third-order valence-electron chi connectivity index (χ3n) is 6.08. The lowest BCUT2D eigenvalue weighted by Crippen LogP contribution is -2.40. The van der Waals surface area contributed by atoms with Crippen molar-refractivity contribution in [3.63, 3.8) is 0 Å². The first-order valence-electron chi connectivity index (χ1n) is 9.30. The van der Waals surface area contributed by atoms with Gasteiger partial charge in [0.1, 0.15) is 5.71 Å². The molecule has 2 atom stereocenters. The molecule has 0 spiro atoms. The summed E-state index contributed by atoms with van der Waals surface area (Å²) in [5.41, 5.74) is 8.35. The van der Waals surface area contributed by atoms with E-state index in [4.69, 9.17) is 11.1 Å². The zero-order valence-electron chi connectivity index (χ0n) is 15.1. The zero-order valence-corrected chi connectivity index (χ0v) is 15.9. The van der Waals surface area contributed by atoms with E-state index in [0.29, 0.717) is 35.7 Å². The van der Waals surface area contributed by atoms with Gasteiger partial charge >= 0.3 is 0 Å². The third-order valence-corrected chi connectivity index (χ3v) is 6.99. The molecule has 0 saturated carbocycles. The normalized spacial score (nSPS) is 25.3. The molecule has 2 aliphatic rings. The van der Waals surface area contributed by atoms with Crippen molar-refractivity contribution in [1.82, 2.24) is 4.90 Å². The molecule has 1 aromatic heterocycles. The van der Waals surface area contributed by atoms with E-state index in [1.165, 1.54) is 12.8 Å². The van der Waals surface area contributed by atoms with Crippen LogP contribution in [-0.2, 0) is 4.79 Å². The van der Waals surface area contributed by atoms with Gasteiger partial charge in [-0.2, -0.15) is 0 Å². The Bertz CT molecular complexity index is 816. The van der Waals surface area contributed by atoms with Gasteiger partial charge in [0.2, 0.25) is 0 Å². The van der Waals surface area contributed by atoms with Crippen molar-refractivity contribution in [3.05, 3.63) is 41.3 Å². The highest BCUT2D eigenvalue weighted by Crippen LogP contribution is 2.39. The number of nitrogen functional groups attached to an aromatic ring is 1. The third kappa shape index (κ3) is 3.21. The van der Waals surface area contributed by atoms with Crippen LogP contribution in [0.4, 0.5) is 5.69 Å². The number of thiophene rings is 1. The monoisotopic (exact) mass is 367 g/mol. The van der Waals surface area contributed by atoms with Gasteiger partial charge in [-0.15, -0.1) is 11.3 Å². The van der Waals surface area contributed by atoms with E-state index >= 15 is 0 Å². The quantitative estimate of drug-likeness (QED) is 0.615. The first-order chi connectivity index (χ1) is 12.5. The van der Waals surface area contributed by atoms with Crippen LogP contribution in [0.5, 0.6) is 0 Å². The molecular formula is C21H25N3OS. The number of rotatable bonds is 5. The van der Waals surface area contributed by atoms with Gasteiger partial charge in [0.05, 0.1) is 0 Å². The fourth-order valence-electron chi connectivity index (χ4n) is 4.59. The van der Waals surface area contributed by atoms with E-state index in [-0.39, 0.29) is 11.5 Å². The molecule has 2 aromatic rings. The maximum absolute atomic E-state index is 12.7. The number of hydrogen-bond acceptors (Lipinski definition) is 5. The first kappa shape index (κ1) is 17.4. The predicted octanol–water partition coefficient (Wildman–Crippen LogP) is 4.20. The van der Waals surface area contributed by atoms with Crippen LogP contribution in [-0.4, -0.2) is 35.5 Å². The molecule has 4 rings (SSSR count). The Morgan fingerprint density at radius 1 is 1.27 bits per heavy atom. The Balaban J connectivity index is 1.45. The van der Waals surface area contributed by atoms with E-state index < -0.39 is 0 Å². The van der Waals surface area contributed by atoms with E-state index in [1.807, 2.05) is 35.7 Å². The van der Waals surface area contributed by atoms with E-state index in [0.717, 1.165) is 23.3 Å². The number of ketones is 1. The maximum atomic E-state index is 12.7. The van der Waals surface area contributed by atoms with Crippen molar-refractivity contribution in [2.24, 2.45) is 5.92 Å². The minimum absolute atomic E-state index is 0.0616. The lowest BCUT2D eigenvalue weighted by atomic mass is 9.85. The standard InChI is InChI=1S/C21H25N3OS/c1-24-15-5-6-16(24)10-13(9-15)11-19(25)21(23)17-7-4-14(12-18(17)22)20-3-2-8-26-20/h2-4,7-8,12-13,15-16,23H,5-6,9-11,22H2,1H3. The molecule has 136 valence electrons. The van der Waals surface area contributed by atoms with Crippen LogP contribution in [0.25, 0.3) is 10.4 Å². The number of carbonyl (C=O) groups excluding carboxylic acids is 1. The molecule has 1 aromatic carbocycles. The number of hydrogen-bond donors (Lipinski definition) is 2. The summed E-state index contributed by atoms with van der Waals surface area (Å²) >= 11 is 1.65. The second-order valence-corrected chi connectivity index (χ2v) is 8.62. The molecule has 2 aliphatic heterocycles. The molecule has 0 amide bonds. The summed E-state index contributed by atoms with van der Waals surface area (Å²) in [6.07, 6.45) is 5.14. The average molecular weight is 368 g/mol. The number of fused-ring (bicyclic) bond motifs is 2. The number of piperidine rings is 1. The van der Waals surface area contributed by atoms with Gasteiger partial charge in [0.15, 0.2) is 5.78 Å². The van der Waals surface area contributed by atoms with Gasteiger partial charge in [0, 0.05) is 34.6 Å². The molecule has 0 radical (unpaired) electrons. The van der Waals surface area contributed by atoms with Crippen LogP contribution in [0.15, 0.2) is 35.7 Å². The van der Waals surface area contributed by atoms with Crippen LogP contribution >= 0.6 is 11.3 Å². The SMILES string of the molecule is CN1C2CCC1CC(CC(=O)C(=N)c1ccc(-c3cccs3)cc1N)C2. The van der Waals surface area contributed by atoms with E-state index in [2.05, 4.69) is 11.9 Å². The number of nitrogens with zero attached hydrogens (tertiary/aromatic N) is 1. The number of carbonyl (C=O) groups is 1. The fraction of sp³-hybridized carbons (Fsp3) is 0.429. The van der Waals surface area contributed by atoms with Crippen LogP contribution in [0, 0.1) is 11.3 Å². The predicted molar refractivity (Wildman–Crippen MR) is 108 cm³/mol. The Morgan fingerprint density at radius 2 is 2.00 bits per heavy atom. The van der Waals surface area contributed by atoms with Crippen molar-refractivity contribution in [2.75, 3.05) is 12.8 Å². The van der Waals surface area contributed by atoms with Crippen LogP contribution in [0.2, 0.25) is 0 Å².